The number of Topliss-reactive ketones (excluding diaryl/α,β-unsaturated/α-hetero) is 1. The van der Waals surface area contributed by atoms with E-state index in [0.717, 1.165) is 5.56 Å². The van der Waals surface area contributed by atoms with Gasteiger partial charge in [-0.3, -0.25) is 14.5 Å². The van der Waals surface area contributed by atoms with Crippen molar-refractivity contribution in [3.8, 4) is 0 Å². The maximum atomic E-state index is 13.4. The fourth-order valence-electron chi connectivity index (χ4n) is 4.38. The third kappa shape index (κ3) is 5.92. The van der Waals surface area contributed by atoms with E-state index in [1.165, 1.54) is 4.90 Å². The average Bonchev–Trinajstić information content (AvgIpc) is 3.23. The molecule has 178 valence electrons. The van der Waals surface area contributed by atoms with E-state index in [-0.39, 0.29) is 39.0 Å². The second-order valence-electron chi connectivity index (χ2n) is 8.19. The van der Waals surface area contributed by atoms with Crippen molar-refractivity contribution in [3.63, 3.8) is 0 Å². The van der Waals surface area contributed by atoms with E-state index in [2.05, 4.69) is 0 Å². The van der Waals surface area contributed by atoms with Crippen LogP contribution in [0.1, 0.15) is 44.6 Å². The number of ether oxygens (including phenoxy) is 1. The Bertz CT molecular complexity index is 774. The number of esters is 1. The van der Waals surface area contributed by atoms with Crippen LogP contribution in [0.15, 0.2) is 30.3 Å². The van der Waals surface area contributed by atoms with Crippen LogP contribution in [0.25, 0.3) is 0 Å². The predicted molar refractivity (Wildman–Crippen MR) is 119 cm³/mol. The summed E-state index contributed by atoms with van der Waals surface area (Å²) in [6.45, 7) is 2.14. The Labute approximate surface area is 188 Å². The molecule has 0 radical (unpaired) electrons. The Morgan fingerprint density at radius 2 is 1.88 bits per heavy atom. The van der Waals surface area contributed by atoms with E-state index in [1.807, 2.05) is 30.3 Å². The van der Waals surface area contributed by atoms with Gasteiger partial charge in [-0.25, -0.2) is 4.79 Å². The zero-order chi connectivity index (χ0) is 23.7. The van der Waals surface area contributed by atoms with Crippen LogP contribution in [0.3, 0.4) is 0 Å². The first-order valence-corrected chi connectivity index (χ1v) is 11.2. The summed E-state index contributed by atoms with van der Waals surface area (Å²) in [6.07, 6.45) is 0.828. The van der Waals surface area contributed by atoms with Gasteiger partial charge in [-0.15, -0.1) is 0 Å². The molecule has 4 atom stereocenters. The van der Waals surface area contributed by atoms with Crippen molar-refractivity contribution >= 4 is 17.7 Å². The third-order valence-electron chi connectivity index (χ3n) is 6.09. The summed E-state index contributed by atoms with van der Waals surface area (Å²) in [5.74, 6) is -2.51. The summed E-state index contributed by atoms with van der Waals surface area (Å²) >= 11 is 0. The highest BCUT2D eigenvalue weighted by molar-refractivity contribution is 6.10. The molecule has 2 rings (SSSR count). The molecule has 6 N–H and O–H groups in total. The molecule has 1 saturated heterocycles. The second-order valence-corrected chi connectivity index (χ2v) is 8.19. The number of carbonyl (C=O) groups excluding carboxylic acids is 2. The van der Waals surface area contributed by atoms with Crippen molar-refractivity contribution < 1.29 is 29.3 Å². The fourth-order valence-corrected chi connectivity index (χ4v) is 4.38. The van der Waals surface area contributed by atoms with Crippen LogP contribution in [0.4, 0.5) is 0 Å². The predicted octanol–water partition coefficient (Wildman–Crippen LogP) is 0.466. The Morgan fingerprint density at radius 1 is 1.19 bits per heavy atom. The first kappa shape index (κ1) is 25.9. The lowest BCUT2D eigenvalue weighted by atomic mass is 9.83. The van der Waals surface area contributed by atoms with Gasteiger partial charge < -0.3 is 26.4 Å². The lowest BCUT2D eigenvalue weighted by Crippen LogP contribution is -2.65. The molecule has 1 heterocycles. The standard InChI is InChI=1S/C23H35N3O6/c1-2-32-21(29)19(12-9-16-7-4-3-5-8-16)26-14-6-13-23(26,22(30)31)20(28)18(25)11-10-17(27)15-24/h3-5,7-8,17-19,27H,2,6,9-15,24-25H2,1H3,(H,30,31)/t17?,18-,19?,23+/m0/s1. The number of nitrogens with two attached hydrogens (primary N) is 2. The molecule has 0 saturated carbocycles. The molecule has 1 aliphatic heterocycles. The van der Waals surface area contributed by atoms with Gasteiger partial charge >= 0.3 is 11.9 Å². The lowest BCUT2D eigenvalue weighted by molar-refractivity contribution is -0.163. The molecular formula is C23H35N3O6. The minimum atomic E-state index is -1.90. The maximum absolute atomic E-state index is 13.4. The quantitative estimate of drug-likeness (QED) is 0.248. The van der Waals surface area contributed by atoms with Crippen molar-refractivity contribution in [2.75, 3.05) is 19.7 Å². The van der Waals surface area contributed by atoms with Gasteiger partial charge in [-0.1, -0.05) is 30.3 Å². The molecule has 0 spiro atoms. The number of aliphatic carboxylic acids is 1. The largest absolute Gasteiger partial charge is 0.480 e. The van der Waals surface area contributed by atoms with Crippen molar-refractivity contribution in [2.24, 2.45) is 11.5 Å². The number of carboxylic acids is 1. The van der Waals surface area contributed by atoms with E-state index in [1.54, 1.807) is 6.92 Å². The molecule has 0 bridgehead atoms. The lowest BCUT2D eigenvalue weighted by Gasteiger charge is -2.39. The molecule has 0 amide bonds. The number of carboxylic acid groups (broad SMARTS) is 1. The van der Waals surface area contributed by atoms with Gasteiger partial charge in [0.15, 0.2) is 11.3 Å². The van der Waals surface area contributed by atoms with Crippen LogP contribution in [0.2, 0.25) is 0 Å². The topological polar surface area (TPSA) is 156 Å². The molecule has 1 aromatic carbocycles. The summed E-state index contributed by atoms with van der Waals surface area (Å²) in [6, 6.07) is 7.56. The van der Waals surface area contributed by atoms with E-state index in [0.29, 0.717) is 19.3 Å². The Kier molecular flexibility index (Phi) is 9.77. The number of aliphatic hydroxyl groups is 1. The number of benzene rings is 1. The van der Waals surface area contributed by atoms with Crippen molar-refractivity contribution in [3.05, 3.63) is 35.9 Å². The number of aryl methyl sites for hydroxylation is 1. The van der Waals surface area contributed by atoms with E-state index < -0.39 is 41.4 Å². The fraction of sp³-hybridized carbons (Fsp3) is 0.609. The number of rotatable bonds is 13. The Balaban J connectivity index is 2.31. The monoisotopic (exact) mass is 449 g/mol. The first-order chi connectivity index (χ1) is 15.3. The second kappa shape index (κ2) is 12.1. The first-order valence-electron chi connectivity index (χ1n) is 11.2. The number of hydrogen-bond donors (Lipinski definition) is 4. The van der Waals surface area contributed by atoms with E-state index >= 15 is 0 Å². The average molecular weight is 450 g/mol. The zero-order valence-corrected chi connectivity index (χ0v) is 18.6. The highest BCUT2D eigenvalue weighted by Gasteiger charge is 2.58. The van der Waals surface area contributed by atoms with Crippen LogP contribution < -0.4 is 11.5 Å². The highest BCUT2D eigenvalue weighted by atomic mass is 16.5. The number of likely N-dealkylation sites (tertiary alicyclic amines) is 1. The number of nitrogens with zero attached hydrogens (tertiary/aromatic N) is 1. The smallest absolute Gasteiger partial charge is 0.332 e. The number of hydrogen-bond acceptors (Lipinski definition) is 8. The molecule has 0 aromatic heterocycles. The number of carbonyl (C=O) groups is 3. The number of ketones is 1. The maximum Gasteiger partial charge on any atom is 0.332 e. The summed E-state index contributed by atoms with van der Waals surface area (Å²) in [5.41, 5.74) is 10.6. The van der Waals surface area contributed by atoms with Crippen molar-refractivity contribution in [2.45, 2.75) is 69.2 Å². The Hall–Kier alpha value is -2.33. The third-order valence-corrected chi connectivity index (χ3v) is 6.09. The molecule has 0 aliphatic carbocycles. The normalized spacial score (nSPS) is 21.6. The highest BCUT2D eigenvalue weighted by Crippen LogP contribution is 2.35. The van der Waals surface area contributed by atoms with Gasteiger partial charge in [0.2, 0.25) is 0 Å². The van der Waals surface area contributed by atoms with E-state index in [9.17, 15) is 24.6 Å². The summed E-state index contributed by atoms with van der Waals surface area (Å²) in [7, 11) is 0. The van der Waals surface area contributed by atoms with Gasteiger partial charge in [0.05, 0.1) is 18.8 Å². The molecule has 9 nitrogen and oxygen atoms in total. The van der Waals surface area contributed by atoms with Crippen molar-refractivity contribution in [1.82, 2.24) is 4.90 Å². The van der Waals surface area contributed by atoms with Gasteiger partial charge in [-0.05, 0) is 51.0 Å². The van der Waals surface area contributed by atoms with Crippen LogP contribution in [0.5, 0.6) is 0 Å². The van der Waals surface area contributed by atoms with Gasteiger partial charge in [-0.2, -0.15) is 0 Å². The van der Waals surface area contributed by atoms with Crippen LogP contribution in [0, 0.1) is 0 Å². The molecule has 32 heavy (non-hydrogen) atoms. The van der Waals surface area contributed by atoms with Crippen LogP contribution >= 0.6 is 0 Å². The van der Waals surface area contributed by atoms with Gasteiger partial charge in [0.25, 0.3) is 0 Å². The number of aliphatic hydroxyl groups excluding tert-OH is 1. The molecule has 2 unspecified atom stereocenters. The summed E-state index contributed by atoms with van der Waals surface area (Å²) in [5, 5.41) is 19.9. The molecule has 9 heteroatoms. The minimum Gasteiger partial charge on any atom is -0.480 e. The van der Waals surface area contributed by atoms with Crippen LogP contribution in [-0.4, -0.2) is 76.3 Å². The minimum absolute atomic E-state index is 0.0293. The Morgan fingerprint density at radius 3 is 2.47 bits per heavy atom. The zero-order valence-electron chi connectivity index (χ0n) is 18.6. The van der Waals surface area contributed by atoms with Gasteiger partial charge in [0, 0.05) is 13.1 Å². The van der Waals surface area contributed by atoms with Crippen LogP contribution in [-0.2, 0) is 25.5 Å². The molecule has 1 aliphatic rings. The SMILES string of the molecule is CCOC(=O)C(CCc1ccccc1)N1CCC[C@]1(C(=O)O)C(=O)[C@@H](N)CCC(O)CN. The van der Waals surface area contributed by atoms with E-state index in [4.69, 9.17) is 16.2 Å². The molecule has 1 fully saturated rings. The molecular weight excluding hydrogens is 414 g/mol. The molecule has 1 aromatic rings. The summed E-state index contributed by atoms with van der Waals surface area (Å²) in [4.78, 5) is 40.2. The van der Waals surface area contributed by atoms with Crippen molar-refractivity contribution in [1.29, 1.82) is 0 Å². The summed E-state index contributed by atoms with van der Waals surface area (Å²) < 4.78 is 5.25. The van der Waals surface area contributed by atoms with Gasteiger partial charge in [0.1, 0.15) is 6.04 Å².